The minimum Gasteiger partial charge on any atom is -0.334 e. The highest BCUT2D eigenvalue weighted by molar-refractivity contribution is 5.87. The van der Waals surface area contributed by atoms with Crippen LogP contribution in [0.4, 0.5) is 13.2 Å². The molecule has 0 atom stereocenters. The number of alkyl halides is 3. The summed E-state index contributed by atoms with van der Waals surface area (Å²) in [6, 6.07) is 6.09. The maximum Gasteiger partial charge on any atom is 0.417 e. The van der Waals surface area contributed by atoms with Crippen LogP contribution in [0.1, 0.15) is 37.1 Å². The standard InChI is InChI=1S/C17H15F3N4O.ClH/c18-17(19,20)13-10-5-1-2-6-12(10)22-9-11(13)14-23-15(24-25-14)16(21)7-3-4-8-16;/h1-2,5-6,9H,3-4,7-8,21H2;1H. The van der Waals surface area contributed by atoms with Crippen molar-refractivity contribution in [2.24, 2.45) is 5.73 Å². The first kappa shape index (κ1) is 18.6. The summed E-state index contributed by atoms with van der Waals surface area (Å²) in [7, 11) is 0. The number of fused-ring (bicyclic) bond motifs is 1. The second kappa shape index (κ2) is 6.51. The number of halogens is 4. The molecule has 1 aliphatic rings. The first-order valence-electron chi connectivity index (χ1n) is 7.97. The Bertz CT molecular complexity index is 935. The number of hydrogen-bond donors (Lipinski definition) is 1. The van der Waals surface area contributed by atoms with Crippen molar-refractivity contribution < 1.29 is 17.7 Å². The molecule has 1 fully saturated rings. The lowest BCUT2D eigenvalue weighted by molar-refractivity contribution is -0.135. The van der Waals surface area contributed by atoms with Gasteiger partial charge in [0.15, 0.2) is 5.82 Å². The van der Waals surface area contributed by atoms with E-state index in [0.29, 0.717) is 12.8 Å². The molecular formula is C17H16ClF3N4O. The van der Waals surface area contributed by atoms with E-state index in [1.54, 1.807) is 6.07 Å². The van der Waals surface area contributed by atoms with Gasteiger partial charge in [0.1, 0.15) is 0 Å². The summed E-state index contributed by atoms with van der Waals surface area (Å²) in [5, 5.41) is 3.84. The van der Waals surface area contributed by atoms with Crippen LogP contribution in [0, 0.1) is 0 Å². The maximum absolute atomic E-state index is 13.7. The van der Waals surface area contributed by atoms with Crippen molar-refractivity contribution in [2.75, 3.05) is 0 Å². The Morgan fingerprint density at radius 3 is 2.50 bits per heavy atom. The van der Waals surface area contributed by atoms with Crippen molar-refractivity contribution in [2.45, 2.75) is 37.4 Å². The lowest BCUT2D eigenvalue weighted by atomic mass is 9.98. The molecule has 0 saturated heterocycles. The van der Waals surface area contributed by atoms with Crippen molar-refractivity contribution in [3.05, 3.63) is 41.9 Å². The third kappa shape index (κ3) is 3.03. The number of nitrogens with two attached hydrogens (primary N) is 1. The normalized spacial score (nSPS) is 16.6. The lowest BCUT2D eigenvalue weighted by Gasteiger charge is -2.17. The molecule has 0 spiro atoms. The van der Waals surface area contributed by atoms with Crippen molar-refractivity contribution in [1.29, 1.82) is 0 Å². The molecule has 3 aromatic rings. The molecule has 1 aliphatic carbocycles. The molecule has 2 N–H and O–H groups in total. The summed E-state index contributed by atoms with van der Waals surface area (Å²) in [6.45, 7) is 0. The van der Waals surface area contributed by atoms with Gasteiger partial charge in [0.05, 0.1) is 22.2 Å². The van der Waals surface area contributed by atoms with E-state index in [2.05, 4.69) is 15.1 Å². The molecule has 138 valence electrons. The molecule has 1 aromatic carbocycles. The molecular weight excluding hydrogens is 369 g/mol. The number of para-hydroxylation sites is 1. The minimum absolute atomic E-state index is 0. The van der Waals surface area contributed by atoms with Gasteiger partial charge in [-0.3, -0.25) is 4.98 Å². The number of aromatic nitrogens is 3. The van der Waals surface area contributed by atoms with E-state index in [9.17, 15) is 13.2 Å². The Hall–Kier alpha value is -2.19. The van der Waals surface area contributed by atoms with Crippen LogP contribution >= 0.6 is 12.4 Å². The average Bonchev–Trinajstić information content (AvgIpc) is 3.23. The van der Waals surface area contributed by atoms with Crippen LogP contribution in [0.5, 0.6) is 0 Å². The van der Waals surface area contributed by atoms with E-state index in [0.717, 1.165) is 19.0 Å². The van der Waals surface area contributed by atoms with Gasteiger partial charge in [0.25, 0.3) is 5.89 Å². The summed E-state index contributed by atoms with van der Waals surface area (Å²) in [6.07, 6.45) is -0.208. The molecule has 0 bridgehead atoms. The Morgan fingerprint density at radius 2 is 1.81 bits per heavy atom. The van der Waals surface area contributed by atoms with Crippen molar-refractivity contribution in [3.63, 3.8) is 0 Å². The second-order valence-electron chi connectivity index (χ2n) is 6.35. The quantitative estimate of drug-likeness (QED) is 0.706. The first-order chi connectivity index (χ1) is 11.9. The Balaban J connectivity index is 0.00000196. The van der Waals surface area contributed by atoms with Gasteiger partial charge in [-0.2, -0.15) is 18.2 Å². The van der Waals surface area contributed by atoms with E-state index >= 15 is 0 Å². The van der Waals surface area contributed by atoms with E-state index in [-0.39, 0.29) is 40.6 Å². The zero-order valence-electron chi connectivity index (χ0n) is 13.6. The summed E-state index contributed by atoms with van der Waals surface area (Å²) < 4.78 is 46.2. The highest BCUT2D eigenvalue weighted by Gasteiger charge is 2.39. The predicted octanol–water partition coefficient (Wildman–Crippen LogP) is 4.45. The smallest absolute Gasteiger partial charge is 0.334 e. The summed E-state index contributed by atoms with van der Waals surface area (Å²) in [5.41, 5.74) is 4.73. The summed E-state index contributed by atoms with van der Waals surface area (Å²) in [5.74, 6) is 0.0404. The topological polar surface area (TPSA) is 77.8 Å². The fraction of sp³-hybridized carbons (Fsp3) is 0.353. The third-order valence-corrected chi connectivity index (χ3v) is 4.66. The Kier molecular flexibility index (Phi) is 4.66. The monoisotopic (exact) mass is 384 g/mol. The third-order valence-electron chi connectivity index (χ3n) is 4.66. The minimum atomic E-state index is -4.58. The SMILES string of the molecule is Cl.NC1(c2noc(-c3cnc4ccccc4c3C(F)(F)F)n2)CCCC1. The number of nitrogens with zero attached hydrogens (tertiary/aromatic N) is 3. The predicted molar refractivity (Wildman–Crippen MR) is 91.6 cm³/mol. The molecule has 9 heteroatoms. The second-order valence-corrected chi connectivity index (χ2v) is 6.35. The zero-order valence-corrected chi connectivity index (χ0v) is 14.4. The van der Waals surface area contributed by atoms with Crippen molar-refractivity contribution in [1.82, 2.24) is 15.1 Å². The van der Waals surface area contributed by atoms with Crippen LogP contribution in [0.2, 0.25) is 0 Å². The van der Waals surface area contributed by atoms with Gasteiger partial charge >= 0.3 is 6.18 Å². The van der Waals surface area contributed by atoms with Crippen LogP contribution in [0.15, 0.2) is 35.0 Å². The zero-order chi connectivity index (χ0) is 17.7. The summed E-state index contributed by atoms with van der Waals surface area (Å²) >= 11 is 0. The number of benzene rings is 1. The van der Waals surface area contributed by atoms with Gasteiger partial charge in [-0.05, 0) is 18.9 Å². The van der Waals surface area contributed by atoms with Gasteiger partial charge in [-0.1, -0.05) is 36.2 Å². The molecule has 26 heavy (non-hydrogen) atoms. The number of hydrogen-bond acceptors (Lipinski definition) is 5. The molecule has 2 heterocycles. The maximum atomic E-state index is 13.7. The highest BCUT2D eigenvalue weighted by atomic mass is 35.5. The molecule has 0 aliphatic heterocycles. The first-order valence-corrected chi connectivity index (χ1v) is 7.97. The number of rotatable bonds is 2. The van der Waals surface area contributed by atoms with Crippen LogP contribution in [-0.4, -0.2) is 15.1 Å². The van der Waals surface area contributed by atoms with Gasteiger partial charge in [0.2, 0.25) is 0 Å². The van der Waals surface area contributed by atoms with Gasteiger partial charge in [-0.25, -0.2) is 0 Å². The molecule has 2 aromatic heterocycles. The molecule has 4 rings (SSSR count). The molecule has 5 nitrogen and oxygen atoms in total. The fourth-order valence-corrected chi connectivity index (χ4v) is 3.37. The van der Waals surface area contributed by atoms with E-state index in [4.69, 9.17) is 10.3 Å². The van der Waals surface area contributed by atoms with E-state index < -0.39 is 17.3 Å². The highest BCUT2D eigenvalue weighted by Crippen LogP contribution is 2.41. The van der Waals surface area contributed by atoms with Gasteiger partial charge in [0, 0.05) is 11.6 Å². The summed E-state index contributed by atoms with van der Waals surface area (Å²) in [4.78, 5) is 8.27. The molecule has 0 radical (unpaired) electrons. The average molecular weight is 385 g/mol. The van der Waals surface area contributed by atoms with Gasteiger partial charge < -0.3 is 10.3 Å². The van der Waals surface area contributed by atoms with Gasteiger partial charge in [-0.15, -0.1) is 12.4 Å². The van der Waals surface area contributed by atoms with Crippen molar-refractivity contribution in [3.8, 4) is 11.5 Å². The lowest BCUT2D eigenvalue weighted by Crippen LogP contribution is -2.34. The number of pyridine rings is 1. The van der Waals surface area contributed by atoms with Crippen LogP contribution < -0.4 is 5.73 Å². The van der Waals surface area contributed by atoms with E-state index in [1.165, 1.54) is 18.2 Å². The van der Waals surface area contributed by atoms with Crippen molar-refractivity contribution >= 4 is 23.3 Å². The van der Waals surface area contributed by atoms with Crippen LogP contribution in [-0.2, 0) is 11.7 Å². The molecule has 1 saturated carbocycles. The Morgan fingerprint density at radius 1 is 1.12 bits per heavy atom. The molecule has 0 amide bonds. The Labute approximate surface area is 153 Å². The molecule has 0 unspecified atom stereocenters. The fourth-order valence-electron chi connectivity index (χ4n) is 3.37. The van der Waals surface area contributed by atoms with Crippen LogP contribution in [0.25, 0.3) is 22.4 Å². The van der Waals surface area contributed by atoms with Crippen LogP contribution in [0.3, 0.4) is 0 Å². The van der Waals surface area contributed by atoms with E-state index in [1.807, 2.05) is 0 Å². The largest absolute Gasteiger partial charge is 0.417 e.